The molecule has 0 aliphatic carbocycles. The van der Waals surface area contributed by atoms with Crippen molar-refractivity contribution in [3.8, 4) is 5.69 Å². The first-order chi connectivity index (χ1) is 12.8. The Morgan fingerprint density at radius 3 is 2.50 bits per heavy atom. The fourth-order valence-electron chi connectivity index (χ4n) is 2.79. The maximum atomic E-state index is 4.48. The Labute approximate surface area is 157 Å². The highest BCUT2D eigenvalue weighted by atomic mass is 32.2. The fourth-order valence-corrected chi connectivity index (χ4v) is 3.62. The number of nitrogens with zero attached hydrogens (tertiary/aromatic N) is 4. The number of aryl methyl sites for hydroxylation is 1. The summed E-state index contributed by atoms with van der Waals surface area (Å²) in [5, 5.41) is 10.7. The van der Waals surface area contributed by atoms with Crippen LogP contribution in [0.3, 0.4) is 0 Å². The first-order valence-electron chi connectivity index (χ1n) is 8.44. The molecule has 0 amide bonds. The number of aromatic nitrogens is 4. The van der Waals surface area contributed by atoms with Gasteiger partial charge in [-0.15, -0.1) is 10.2 Å². The van der Waals surface area contributed by atoms with Crippen molar-refractivity contribution < 1.29 is 0 Å². The zero-order chi connectivity index (χ0) is 17.8. The predicted octanol–water partition coefficient (Wildman–Crippen LogP) is 4.71. The summed E-state index contributed by atoms with van der Waals surface area (Å²) in [6, 6.07) is 24.6. The molecule has 0 radical (unpaired) electrons. The van der Waals surface area contributed by atoms with E-state index in [9.17, 15) is 0 Å². The fraction of sp³-hybridized carbons (Fsp3) is 0.0952. The minimum Gasteiger partial charge on any atom is -0.273 e. The van der Waals surface area contributed by atoms with Crippen molar-refractivity contribution in [2.45, 2.75) is 23.5 Å². The lowest BCUT2D eigenvalue weighted by Crippen LogP contribution is -2.04. The molecule has 2 heterocycles. The molecule has 0 N–H and O–H groups in total. The van der Waals surface area contributed by atoms with Gasteiger partial charge in [0.2, 0.25) is 5.16 Å². The lowest BCUT2D eigenvalue weighted by atomic mass is 10.1. The van der Waals surface area contributed by atoms with Crippen molar-refractivity contribution in [1.82, 2.24) is 19.7 Å². The van der Waals surface area contributed by atoms with Gasteiger partial charge >= 0.3 is 0 Å². The van der Waals surface area contributed by atoms with Crippen LogP contribution in [0.25, 0.3) is 5.69 Å². The summed E-state index contributed by atoms with van der Waals surface area (Å²) in [7, 11) is 0. The van der Waals surface area contributed by atoms with Gasteiger partial charge < -0.3 is 0 Å². The largest absolute Gasteiger partial charge is 0.273 e. The monoisotopic (exact) mass is 358 g/mol. The first kappa shape index (κ1) is 16.5. The van der Waals surface area contributed by atoms with Crippen LogP contribution in [0.15, 0.2) is 89.2 Å². The van der Waals surface area contributed by atoms with Crippen molar-refractivity contribution in [2.24, 2.45) is 0 Å². The molecular formula is C21H18N4S. The number of pyridine rings is 1. The highest BCUT2D eigenvalue weighted by Gasteiger charge is 2.16. The molecule has 128 valence electrons. The summed E-state index contributed by atoms with van der Waals surface area (Å²) in [4.78, 5) is 4.40. The lowest BCUT2D eigenvalue weighted by Gasteiger charge is -2.11. The van der Waals surface area contributed by atoms with E-state index in [1.54, 1.807) is 6.20 Å². The van der Waals surface area contributed by atoms with Crippen molar-refractivity contribution in [3.05, 3.63) is 95.9 Å². The van der Waals surface area contributed by atoms with E-state index in [-0.39, 0.29) is 0 Å². The van der Waals surface area contributed by atoms with Crippen molar-refractivity contribution in [2.75, 3.05) is 0 Å². The summed E-state index contributed by atoms with van der Waals surface area (Å²) in [5.41, 5.74) is 3.48. The van der Waals surface area contributed by atoms with Gasteiger partial charge in [-0.25, -0.2) is 4.98 Å². The van der Waals surface area contributed by atoms with Gasteiger partial charge in [-0.1, -0.05) is 48.5 Å². The molecule has 5 heteroatoms. The van der Waals surface area contributed by atoms with Crippen molar-refractivity contribution in [3.63, 3.8) is 0 Å². The van der Waals surface area contributed by atoms with Crippen LogP contribution in [0.4, 0.5) is 0 Å². The third kappa shape index (κ3) is 3.68. The molecule has 2 aromatic carbocycles. The van der Waals surface area contributed by atoms with Crippen LogP contribution >= 0.6 is 11.8 Å². The van der Waals surface area contributed by atoms with E-state index in [2.05, 4.69) is 63.1 Å². The van der Waals surface area contributed by atoms with Gasteiger partial charge in [0.1, 0.15) is 10.9 Å². The maximum Gasteiger partial charge on any atom is 0.202 e. The Bertz CT molecular complexity index is 938. The molecule has 0 unspecified atom stereocenters. The second kappa shape index (κ2) is 7.54. The smallest absolute Gasteiger partial charge is 0.202 e. The average Bonchev–Trinajstić information content (AvgIpc) is 3.05. The van der Waals surface area contributed by atoms with Gasteiger partial charge in [-0.2, -0.15) is 0 Å². The molecule has 4 nitrogen and oxygen atoms in total. The molecule has 4 rings (SSSR count). The first-order valence-corrected chi connectivity index (χ1v) is 9.25. The topological polar surface area (TPSA) is 43.6 Å². The van der Waals surface area contributed by atoms with Crippen LogP contribution in [0.1, 0.15) is 17.0 Å². The number of rotatable bonds is 5. The Hall–Kier alpha value is -2.92. The Kier molecular flexibility index (Phi) is 4.80. The summed E-state index contributed by atoms with van der Waals surface area (Å²) in [6.45, 7) is 2.09. The molecule has 4 aromatic rings. The number of hydrogen-bond acceptors (Lipinski definition) is 4. The van der Waals surface area contributed by atoms with E-state index < -0.39 is 0 Å². The molecule has 2 aromatic heterocycles. The molecule has 26 heavy (non-hydrogen) atoms. The Morgan fingerprint density at radius 2 is 1.73 bits per heavy atom. The summed E-state index contributed by atoms with van der Waals surface area (Å²) in [6.07, 6.45) is 2.52. The molecule has 0 fully saturated rings. The van der Waals surface area contributed by atoms with Gasteiger partial charge in [0.25, 0.3) is 0 Å². The van der Waals surface area contributed by atoms with Crippen LogP contribution in [-0.4, -0.2) is 19.7 Å². The molecule has 0 saturated carbocycles. The van der Waals surface area contributed by atoms with Gasteiger partial charge in [0, 0.05) is 18.3 Å². The average molecular weight is 358 g/mol. The van der Waals surface area contributed by atoms with Gasteiger partial charge in [-0.05, 0) is 54.1 Å². The van der Waals surface area contributed by atoms with Gasteiger partial charge in [0.05, 0.1) is 0 Å². The van der Waals surface area contributed by atoms with E-state index in [1.807, 2.05) is 36.4 Å². The minimum absolute atomic E-state index is 0.727. The predicted molar refractivity (Wildman–Crippen MR) is 104 cm³/mol. The normalized spacial score (nSPS) is 10.8. The molecule has 0 saturated heterocycles. The Balaban J connectivity index is 1.76. The summed E-state index contributed by atoms with van der Waals surface area (Å²) >= 11 is 1.52. The third-order valence-electron chi connectivity index (χ3n) is 4.00. The zero-order valence-corrected chi connectivity index (χ0v) is 15.2. The molecule has 0 aliphatic rings. The highest BCUT2D eigenvalue weighted by Crippen LogP contribution is 2.28. The van der Waals surface area contributed by atoms with Crippen LogP contribution in [0, 0.1) is 6.92 Å². The second-order valence-electron chi connectivity index (χ2n) is 6.01. The van der Waals surface area contributed by atoms with Gasteiger partial charge in [-0.3, -0.25) is 4.57 Å². The van der Waals surface area contributed by atoms with Crippen LogP contribution in [0.2, 0.25) is 0 Å². The minimum atomic E-state index is 0.727. The highest BCUT2D eigenvalue weighted by molar-refractivity contribution is 7.99. The SMILES string of the molecule is Cc1cccc(-n2c(Cc3ccccc3)nnc2Sc2ccccn2)c1. The van der Waals surface area contributed by atoms with Crippen molar-refractivity contribution >= 4 is 11.8 Å². The van der Waals surface area contributed by atoms with E-state index in [1.165, 1.54) is 22.9 Å². The van der Waals surface area contributed by atoms with Crippen LogP contribution in [0.5, 0.6) is 0 Å². The maximum absolute atomic E-state index is 4.48. The standard InChI is InChI=1S/C21H18N4S/c1-16-8-7-11-18(14-16)25-19(15-17-9-3-2-4-10-17)23-24-21(25)26-20-12-5-6-13-22-20/h2-14H,15H2,1H3. The third-order valence-corrected chi connectivity index (χ3v) is 4.90. The van der Waals surface area contributed by atoms with Gasteiger partial charge in [0.15, 0.2) is 0 Å². The van der Waals surface area contributed by atoms with Crippen molar-refractivity contribution in [1.29, 1.82) is 0 Å². The zero-order valence-electron chi connectivity index (χ0n) is 14.4. The molecule has 0 aliphatic heterocycles. The van der Waals surface area contributed by atoms with E-state index in [0.29, 0.717) is 0 Å². The number of hydrogen-bond donors (Lipinski definition) is 0. The molecular weight excluding hydrogens is 340 g/mol. The van der Waals surface area contributed by atoms with E-state index in [4.69, 9.17) is 0 Å². The summed E-state index contributed by atoms with van der Waals surface area (Å²) in [5.74, 6) is 0.917. The quantitative estimate of drug-likeness (QED) is 0.518. The second-order valence-corrected chi connectivity index (χ2v) is 6.99. The lowest BCUT2D eigenvalue weighted by molar-refractivity contribution is 0.845. The number of benzene rings is 2. The van der Waals surface area contributed by atoms with E-state index >= 15 is 0 Å². The summed E-state index contributed by atoms with van der Waals surface area (Å²) < 4.78 is 2.12. The molecule has 0 atom stereocenters. The Morgan fingerprint density at radius 1 is 0.885 bits per heavy atom. The van der Waals surface area contributed by atoms with Crippen LogP contribution < -0.4 is 0 Å². The van der Waals surface area contributed by atoms with E-state index in [0.717, 1.165) is 28.1 Å². The molecule has 0 spiro atoms. The molecule has 0 bridgehead atoms. The van der Waals surface area contributed by atoms with Crippen LogP contribution in [-0.2, 0) is 6.42 Å².